The summed E-state index contributed by atoms with van der Waals surface area (Å²) in [6.07, 6.45) is 4.72. The fraction of sp³-hybridized carbons (Fsp3) is 0.429. The van der Waals surface area contributed by atoms with Gasteiger partial charge >= 0.3 is 0 Å². The van der Waals surface area contributed by atoms with Crippen LogP contribution in [0.5, 0.6) is 11.6 Å². The summed E-state index contributed by atoms with van der Waals surface area (Å²) in [4.78, 5) is 16.4. The number of nitrogens with one attached hydrogen (secondary N) is 1. The molecule has 1 aromatic carbocycles. The Morgan fingerprint density at radius 1 is 1.22 bits per heavy atom. The first-order valence-corrected chi connectivity index (χ1v) is 9.29. The third kappa shape index (κ3) is 5.44. The third-order valence-corrected chi connectivity index (χ3v) is 5.09. The predicted octanol–water partition coefficient (Wildman–Crippen LogP) is 2.83. The van der Waals surface area contributed by atoms with Crippen molar-refractivity contribution in [3.63, 3.8) is 0 Å². The van der Waals surface area contributed by atoms with Crippen LogP contribution in [-0.4, -0.2) is 39.9 Å². The molecule has 0 unspecified atom stereocenters. The third-order valence-electron chi connectivity index (χ3n) is 5.09. The van der Waals surface area contributed by atoms with Gasteiger partial charge in [-0.05, 0) is 68.4 Å². The van der Waals surface area contributed by atoms with Gasteiger partial charge in [-0.2, -0.15) is 0 Å². The Balaban J connectivity index is 1.42. The molecule has 0 atom stereocenters. The number of aromatic hydroxyl groups is 1. The van der Waals surface area contributed by atoms with Crippen LogP contribution in [0.2, 0.25) is 0 Å². The summed E-state index contributed by atoms with van der Waals surface area (Å²) < 4.78 is 5.75. The summed E-state index contributed by atoms with van der Waals surface area (Å²) in [5.74, 6) is 0.870. The van der Waals surface area contributed by atoms with Crippen molar-refractivity contribution >= 4 is 5.91 Å². The normalized spacial score (nSPS) is 22.2. The SMILES string of the molecule is Cc1ccc(OC[C@H]2CC[C@](O)(CNC(=O)c3ccc(O)cc3)CC2)nc1. The molecule has 1 amide bonds. The molecule has 1 aliphatic rings. The second-order valence-corrected chi connectivity index (χ2v) is 7.38. The topological polar surface area (TPSA) is 91.7 Å². The molecule has 3 rings (SSSR count). The molecule has 1 heterocycles. The highest BCUT2D eigenvalue weighted by molar-refractivity contribution is 5.94. The lowest BCUT2D eigenvalue weighted by molar-refractivity contribution is -0.0131. The largest absolute Gasteiger partial charge is 0.508 e. The number of nitrogens with zero attached hydrogens (tertiary/aromatic N) is 1. The number of hydrogen-bond donors (Lipinski definition) is 3. The first-order valence-electron chi connectivity index (χ1n) is 9.29. The van der Waals surface area contributed by atoms with Crippen molar-refractivity contribution in [2.45, 2.75) is 38.2 Å². The van der Waals surface area contributed by atoms with Gasteiger partial charge in [-0.25, -0.2) is 4.98 Å². The van der Waals surface area contributed by atoms with Crippen LogP contribution in [0.4, 0.5) is 0 Å². The van der Waals surface area contributed by atoms with Crippen molar-refractivity contribution in [3.05, 3.63) is 53.7 Å². The molecule has 1 aliphatic carbocycles. The minimum Gasteiger partial charge on any atom is -0.508 e. The fourth-order valence-electron chi connectivity index (χ4n) is 3.26. The molecule has 3 N–H and O–H groups in total. The lowest BCUT2D eigenvalue weighted by Crippen LogP contribution is -2.45. The minimum atomic E-state index is -0.884. The Bertz CT molecular complexity index is 751. The molecule has 0 spiro atoms. The summed E-state index contributed by atoms with van der Waals surface area (Å²) in [6, 6.07) is 9.89. The van der Waals surface area contributed by atoms with E-state index in [9.17, 15) is 15.0 Å². The standard InChI is InChI=1S/C21H26N2O4/c1-15-2-7-19(22-12-15)27-13-16-8-10-21(26,11-9-16)14-23-20(25)17-3-5-18(24)6-4-17/h2-7,12,16,24,26H,8-11,13-14H2,1H3,(H,23,25)/t16-,21+. The van der Waals surface area contributed by atoms with Crippen LogP contribution < -0.4 is 10.1 Å². The van der Waals surface area contributed by atoms with E-state index in [0.717, 1.165) is 18.4 Å². The van der Waals surface area contributed by atoms with Crippen molar-refractivity contribution in [3.8, 4) is 11.6 Å². The van der Waals surface area contributed by atoms with E-state index in [4.69, 9.17) is 4.74 Å². The molecule has 1 saturated carbocycles. The first-order chi connectivity index (χ1) is 12.9. The number of phenolic OH excluding ortho intramolecular Hbond substituents is 1. The molecule has 0 saturated heterocycles. The number of amides is 1. The second kappa shape index (κ2) is 8.39. The monoisotopic (exact) mass is 370 g/mol. The van der Waals surface area contributed by atoms with Crippen LogP contribution in [0, 0.1) is 12.8 Å². The highest BCUT2D eigenvalue weighted by Gasteiger charge is 2.33. The average Bonchev–Trinajstić information content (AvgIpc) is 2.68. The molecule has 6 nitrogen and oxygen atoms in total. The quantitative estimate of drug-likeness (QED) is 0.727. The summed E-state index contributed by atoms with van der Waals surface area (Å²) >= 11 is 0. The molecule has 144 valence electrons. The maximum Gasteiger partial charge on any atom is 0.251 e. The number of aliphatic hydroxyl groups is 1. The molecule has 2 aromatic rings. The van der Waals surface area contributed by atoms with Gasteiger partial charge in [0.15, 0.2) is 0 Å². The number of rotatable bonds is 6. The minimum absolute atomic E-state index is 0.117. The summed E-state index contributed by atoms with van der Waals surface area (Å²) in [5.41, 5.74) is 0.675. The fourth-order valence-corrected chi connectivity index (χ4v) is 3.26. The Morgan fingerprint density at radius 2 is 1.93 bits per heavy atom. The average molecular weight is 370 g/mol. The van der Waals surface area contributed by atoms with Crippen molar-refractivity contribution in [2.75, 3.05) is 13.2 Å². The van der Waals surface area contributed by atoms with Crippen LogP contribution in [-0.2, 0) is 0 Å². The highest BCUT2D eigenvalue weighted by Crippen LogP contribution is 2.32. The smallest absolute Gasteiger partial charge is 0.251 e. The number of phenols is 1. The number of ether oxygens (including phenoxy) is 1. The van der Waals surface area contributed by atoms with E-state index < -0.39 is 5.60 Å². The number of hydrogen-bond acceptors (Lipinski definition) is 5. The van der Waals surface area contributed by atoms with Gasteiger partial charge in [0.05, 0.1) is 12.2 Å². The van der Waals surface area contributed by atoms with Gasteiger partial charge in [0, 0.05) is 24.4 Å². The molecule has 1 aromatic heterocycles. The van der Waals surface area contributed by atoms with Crippen LogP contribution in [0.3, 0.4) is 0 Å². The number of carbonyl (C=O) groups is 1. The molecular weight excluding hydrogens is 344 g/mol. The number of aromatic nitrogens is 1. The van der Waals surface area contributed by atoms with E-state index in [1.54, 1.807) is 18.3 Å². The van der Waals surface area contributed by atoms with E-state index in [0.29, 0.717) is 36.8 Å². The van der Waals surface area contributed by atoms with Gasteiger partial charge < -0.3 is 20.3 Å². The van der Waals surface area contributed by atoms with Gasteiger partial charge in [-0.15, -0.1) is 0 Å². The molecule has 0 radical (unpaired) electrons. The van der Waals surface area contributed by atoms with E-state index in [-0.39, 0.29) is 18.2 Å². The molecule has 1 fully saturated rings. The van der Waals surface area contributed by atoms with E-state index in [2.05, 4.69) is 10.3 Å². The van der Waals surface area contributed by atoms with Crippen LogP contribution in [0.25, 0.3) is 0 Å². The van der Waals surface area contributed by atoms with Crippen molar-refractivity contribution in [1.29, 1.82) is 0 Å². The maximum absolute atomic E-state index is 12.2. The predicted molar refractivity (Wildman–Crippen MR) is 102 cm³/mol. The number of aryl methyl sites for hydroxylation is 1. The first kappa shape index (κ1) is 19.2. The molecule has 0 bridgehead atoms. The van der Waals surface area contributed by atoms with Crippen molar-refractivity contribution < 1.29 is 19.7 Å². The zero-order valence-corrected chi connectivity index (χ0v) is 15.5. The Labute approximate surface area is 159 Å². The van der Waals surface area contributed by atoms with Gasteiger partial charge in [0.2, 0.25) is 5.88 Å². The van der Waals surface area contributed by atoms with Crippen molar-refractivity contribution in [2.24, 2.45) is 5.92 Å². The van der Waals surface area contributed by atoms with Crippen molar-refractivity contribution in [1.82, 2.24) is 10.3 Å². The van der Waals surface area contributed by atoms with Gasteiger partial charge in [0.25, 0.3) is 5.91 Å². The molecule has 6 heteroatoms. The number of carbonyl (C=O) groups excluding carboxylic acids is 1. The van der Waals surface area contributed by atoms with Gasteiger partial charge in [-0.1, -0.05) is 6.07 Å². The number of benzene rings is 1. The Hall–Kier alpha value is -2.60. The highest BCUT2D eigenvalue weighted by atomic mass is 16.5. The summed E-state index contributed by atoms with van der Waals surface area (Å²) in [5, 5.41) is 22.8. The summed E-state index contributed by atoms with van der Waals surface area (Å²) in [7, 11) is 0. The van der Waals surface area contributed by atoms with E-state index in [1.165, 1.54) is 12.1 Å². The van der Waals surface area contributed by atoms with Gasteiger partial charge in [0.1, 0.15) is 5.75 Å². The molecule has 27 heavy (non-hydrogen) atoms. The molecular formula is C21H26N2O4. The second-order valence-electron chi connectivity index (χ2n) is 7.38. The van der Waals surface area contributed by atoms with E-state index >= 15 is 0 Å². The van der Waals surface area contributed by atoms with Gasteiger partial charge in [-0.3, -0.25) is 4.79 Å². The van der Waals surface area contributed by atoms with Crippen LogP contribution in [0.15, 0.2) is 42.6 Å². The Kier molecular flexibility index (Phi) is 5.96. The summed E-state index contributed by atoms with van der Waals surface area (Å²) in [6.45, 7) is 2.80. The van der Waals surface area contributed by atoms with E-state index in [1.807, 2.05) is 19.1 Å². The van der Waals surface area contributed by atoms with Crippen LogP contribution in [0.1, 0.15) is 41.6 Å². The molecule has 0 aliphatic heterocycles. The zero-order chi connectivity index (χ0) is 19.3. The lowest BCUT2D eigenvalue weighted by atomic mass is 9.79. The zero-order valence-electron chi connectivity index (χ0n) is 15.5. The maximum atomic E-state index is 12.2. The Morgan fingerprint density at radius 3 is 2.56 bits per heavy atom. The number of pyridine rings is 1. The lowest BCUT2D eigenvalue weighted by Gasteiger charge is -2.36. The van der Waals surface area contributed by atoms with Crippen LogP contribution >= 0.6 is 0 Å².